The van der Waals surface area contributed by atoms with Gasteiger partial charge in [-0.05, 0) is 12.3 Å². The molecule has 1 N–H and O–H groups in total. The number of hydrogen-bond donors (Lipinski definition) is 1. The van der Waals surface area contributed by atoms with E-state index in [-0.39, 0.29) is 5.41 Å². The molecule has 0 fully saturated rings. The highest BCUT2D eigenvalue weighted by molar-refractivity contribution is 5.39. The summed E-state index contributed by atoms with van der Waals surface area (Å²) >= 11 is 0. The Hall–Kier alpha value is -1.32. The van der Waals surface area contributed by atoms with Crippen LogP contribution in [0, 0.1) is 5.92 Å². The minimum absolute atomic E-state index is 0.0849. The van der Waals surface area contributed by atoms with E-state index in [9.17, 15) is 0 Å². The molecule has 1 aromatic rings. The van der Waals surface area contributed by atoms with Gasteiger partial charge < -0.3 is 10.1 Å². The van der Waals surface area contributed by atoms with Gasteiger partial charge in [0.1, 0.15) is 11.6 Å². The second-order valence-corrected chi connectivity index (χ2v) is 6.65. The molecule has 0 unspecified atom stereocenters. The van der Waals surface area contributed by atoms with Gasteiger partial charge >= 0.3 is 0 Å². The van der Waals surface area contributed by atoms with Crippen LogP contribution in [0.3, 0.4) is 0 Å². The lowest BCUT2D eigenvalue weighted by Gasteiger charge is -2.19. The molecule has 20 heavy (non-hydrogen) atoms. The Balaban J connectivity index is 2.89. The standard InChI is InChI=1S/C16H29N3O/c1-7-8-9-17-13-10-14(20-11-12(2)3)19-15(18-13)16(4,5)6/h10,12H,7-9,11H2,1-6H3,(H,17,18,19). The lowest BCUT2D eigenvalue weighted by atomic mass is 9.96. The summed E-state index contributed by atoms with van der Waals surface area (Å²) in [7, 11) is 0. The Morgan fingerprint density at radius 1 is 1.25 bits per heavy atom. The highest BCUT2D eigenvalue weighted by Crippen LogP contribution is 2.23. The van der Waals surface area contributed by atoms with Crippen LogP contribution in [0.25, 0.3) is 0 Å². The fourth-order valence-electron chi connectivity index (χ4n) is 1.57. The number of nitrogens with one attached hydrogen (secondary N) is 1. The smallest absolute Gasteiger partial charge is 0.218 e. The average Bonchev–Trinajstić information content (AvgIpc) is 2.35. The lowest BCUT2D eigenvalue weighted by molar-refractivity contribution is 0.259. The summed E-state index contributed by atoms with van der Waals surface area (Å²) in [6.45, 7) is 14.4. The molecule has 1 rings (SSSR count). The van der Waals surface area contributed by atoms with Gasteiger partial charge in [-0.25, -0.2) is 4.98 Å². The van der Waals surface area contributed by atoms with Gasteiger partial charge in [-0.15, -0.1) is 0 Å². The lowest BCUT2D eigenvalue weighted by Crippen LogP contribution is -2.18. The number of ether oxygens (including phenoxy) is 1. The van der Waals surface area contributed by atoms with Crippen molar-refractivity contribution in [2.45, 2.75) is 59.8 Å². The molecule has 0 radical (unpaired) electrons. The van der Waals surface area contributed by atoms with Crippen LogP contribution in [-0.2, 0) is 5.41 Å². The third kappa shape index (κ3) is 5.76. The molecule has 0 saturated carbocycles. The van der Waals surface area contributed by atoms with E-state index in [1.54, 1.807) is 0 Å². The SMILES string of the molecule is CCCCNc1cc(OCC(C)C)nc(C(C)(C)C)n1. The second-order valence-electron chi connectivity index (χ2n) is 6.65. The number of nitrogens with zero attached hydrogens (tertiary/aromatic N) is 2. The Kier molecular flexibility index (Phi) is 6.24. The monoisotopic (exact) mass is 279 g/mol. The summed E-state index contributed by atoms with van der Waals surface area (Å²) in [6, 6.07) is 1.90. The van der Waals surface area contributed by atoms with Crippen LogP contribution in [0.4, 0.5) is 5.82 Å². The Labute approximate surface area is 123 Å². The largest absolute Gasteiger partial charge is 0.477 e. The molecule has 1 aromatic heterocycles. The number of rotatable bonds is 7. The number of aromatic nitrogens is 2. The summed E-state index contributed by atoms with van der Waals surface area (Å²) in [4.78, 5) is 9.13. The van der Waals surface area contributed by atoms with Gasteiger partial charge in [0.15, 0.2) is 0 Å². The highest BCUT2D eigenvalue weighted by atomic mass is 16.5. The first-order valence-electron chi connectivity index (χ1n) is 7.59. The van der Waals surface area contributed by atoms with E-state index in [0.717, 1.165) is 24.6 Å². The van der Waals surface area contributed by atoms with Crippen molar-refractivity contribution in [2.75, 3.05) is 18.5 Å². The molecule has 0 aliphatic rings. The fraction of sp³-hybridized carbons (Fsp3) is 0.750. The van der Waals surface area contributed by atoms with Gasteiger partial charge in [0, 0.05) is 18.0 Å². The zero-order valence-electron chi connectivity index (χ0n) is 13.8. The molecule has 4 heteroatoms. The molecular weight excluding hydrogens is 250 g/mol. The fourth-order valence-corrected chi connectivity index (χ4v) is 1.57. The van der Waals surface area contributed by atoms with Crippen molar-refractivity contribution in [3.63, 3.8) is 0 Å². The maximum Gasteiger partial charge on any atom is 0.218 e. The van der Waals surface area contributed by atoms with Crippen molar-refractivity contribution in [3.05, 3.63) is 11.9 Å². The van der Waals surface area contributed by atoms with Gasteiger partial charge in [0.05, 0.1) is 6.61 Å². The van der Waals surface area contributed by atoms with E-state index < -0.39 is 0 Å². The molecule has 114 valence electrons. The first-order valence-corrected chi connectivity index (χ1v) is 7.59. The van der Waals surface area contributed by atoms with E-state index in [1.807, 2.05) is 6.07 Å². The van der Waals surface area contributed by atoms with Crippen LogP contribution in [0.5, 0.6) is 5.88 Å². The Bertz CT molecular complexity index is 411. The normalized spacial score (nSPS) is 11.8. The Morgan fingerprint density at radius 3 is 2.50 bits per heavy atom. The summed E-state index contributed by atoms with van der Waals surface area (Å²) in [5.41, 5.74) is -0.0849. The molecule has 0 bridgehead atoms. The average molecular weight is 279 g/mol. The van der Waals surface area contributed by atoms with Gasteiger partial charge in [0.2, 0.25) is 5.88 Å². The Morgan fingerprint density at radius 2 is 1.95 bits per heavy atom. The van der Waals surface area contributed by atoms with Crippen molar-refractivity contribution >= 4 is 5.82 Å². The van der Waals surface area contributed by atoms with E-state index >= 15 is 0 Å². The predicted molar refractivity (Wildman–Crippen MR) is 84.5 cm³/mol. The topological polar surface area (TPSA) is 47.0 Å². The minimum atomic E-state index is -0.0849. The molecule has 0 aliphatic carbocycles. The minimum Gasteiger partial charge on any atom is -0.477 e. The van der Waals surface area contributed by atoms with Crippen LogP contribution >= 0.6 is 0 Å². The molecule has 0 aromatic carbocycles. The van der Waals surface area contributed by atoms with Gasteiger partial charge in [-0.3, -0.25) is 0 Å². The van der Waals surface area contributed by atoms with Crippen LogP contribution in [0.15, 0.2) is 6.07 Å². The maximum absolute atomic E-state index is 5.76. The van der Waals surface area contributed by atoms with E-state index in [0.29, 0.717) is 18.4 Å². The summed E-state index contributed by atoms with van der Waals surface area (Å²) in [5, 5.41) is 3.35. The van der Waals surface area contributed by atoms with Crippen molar-refractivity contribution in [1.82, 2.24) is 9.97 Å². The van der Waals surface area contributed by atoms with Crippen LogP contribution in [0.2, 0.25) is 0 Å². The zero-order valence-corrected chi connectivity index (χ0v) is 13.8. The maximum atomic E-state index is 5.76. The van der Waals surface area contributed by atoms with E-state index in [1.165, 1.54) is 6.42 Å². The van der Waals surface area contributed by atoms with E-state index in [2.05, 4.69) is 56.8 Å². The molecule has 0 spiro atoms. The number of hydrogen-bond acceptors (Lipinski definition) is 4. The molecule has 0 saturated heterocycles. The molecule has 1 heterocycles. The van der Waals surface area contributed by atoms with Gasteiger partial charge in [0.25, 0.3) is 0 Å². The van der Waals surface area contributed by atoms with Gasteiger partial charge in [-0.2, -0.15) is 4.98 Å². The number of unbranched alkanes of at least 4 members (excludes halogenated alkanes) is 1. The molecule has 4 nitrogen and oxygen atoms in total. The number of anilines is 1. The van der Waals surface area contributed by atoms with Crippen molar-refractivity contribution in [1.29, 1.82) is 0 Å². The second kappa shape index (κ2) is 7.46. The predicted octanol–water partition coefficient (Wildman–Crippen LogP) is 4.02. The third-order valence-electron chi connectivity index (χ3n) is 2.77. The quantitative estimate of drug-likeness (QED) is 0.766. The van der Waals surface area contributed by atoms with Crippen LogP contribution in [0.1, 0.15) is 60.2 Å². The summed E-state index contributed by atoms with van der Waals surface area (Å²) in [5.74, 6) is 2.83. The van der Waals surface area contributed by atoms with Gasteiger partial charge in [-0.1, -0.05) is 48.0 Å². The molecule has 0 atom stereocenters. The van der Waals surface area contributed by atoms with Crippen LogP contribution in [-0.4, -0.2) is 23.1 Å². The first kappa shape index (κ1) is 16.7. The molecule has 0 amide bonds. The first-order chi connectivity index (χ1) is 9.32. The van der Waals surface area contributed by atoms with Crippen molar-refractivity contribution < 1.29 is 4.74 Å². The molecule has 0 aliphatic heterocycles. The van der Waals surface area contributed by atoms with E-state index in [4.69, 9.17) is 4.74 Å². The highest BCUT2D eigenvalue weighted by Gasteiger charge is 2.19. The molecular formula is C16H29N3O. The van der Waals surface area contributed by atoms with Crippen LogP contribution < -0.4 is 10.1 Å². The zero-order chi connectivity index (χ0) is 15.2. The van der Waals surface area contributed by atoms with Crippen molar-refractivity contribution in [3.8, 4) is 5.88 Å². The summed E-state index contributed by atoms with van der Waals surface area (Å²) < 4.78 is 5.76. The van der Waals surface area contributed by atoms with Crippen molar-refractivity contribution in [2.24, 2.45) is 5.92 Å². The third-order valence-corrected chi connectivity index (χ3v) is 2.77. The summed E-state index contributed by atoms with van der Waals surface area (Å²) in [6.07, 6.45) is 2.30.